The Morgan fingerprint density at radius 3 is 2.61 bits per heavy atom. The molecular weight excluding hydrogens is 354 g/mol. The van der Waals surface area contributed by atoms with E-state index in [-0.39, 0.29) is 11.9 Å². The van der Waals surface area contributed by atoms with Gasteiger partial charge in [0.05, 0.1) is 13.2 Å². The molecule has 1 saturated carbocycles. The fraction of sp³-hybridized carbons (Fsp3) is 0.318. The number of hydrogen-bond acceptors (Lipinski definition) is 5. The number of benzene rings is 2. The third kappa shape index (κ3) is 4.39. The second-order valence-electron chi connectivity index (χ2n) is 7.03. The van der Waals surface area contributed by atoms with Gasteiger partial charge < -0.3 is 14.6 Å². The van der Waals surface area contributed by atoms with Crippen LogP contribution in [-0.4, -0.2) is 23.2 Å². The summed E-state index contributed by atoms with van der Waals surface area (Å²) in [5, 5.41) is 7.18. The predicted octanol–water partition coefficient (Wildman–Crippen LogP) is 3.95. The van der Waals surface area contributed by atoms with Crippen LogP contribution in [0.5, 0.6) is 5.75 Å². The van der Waals surface area contributed by atoms with Crippen molar-refractivity contribution < 1.29 is 14.1 Å². The Hall–Kier alpha value is -3.15. The Morgan fingerprint density at radius 2 is 1.93 bits per heavy atom. The first kappa shape index (κ1) is 18.2. The van der Waals surface area contributed by atoms with Crippen molar-refractivity contribution in [1.29, 1.82) is 0 Å². The zero-order valence-electron chi connectivity index (χ0n) is 15.8. The summed E-state index contributed by atoms with van der Waals surface area (Å²) in [4.78, 5) is 16.9. The molecule has 3 aromatic rings. The van der Waals surface area contributed by atoms with Gasteiger partial charge in [0.1, 0.15) is 5.75 Å². The number of aryl methyl sites for hydroxylation is 1. The molecule has 1 aromatic heterocycles. The Morgan fingerprint density at radius 1 is 1.18 bits per heavy atom. The summed E-state index contributed by atoms with van der Waals surface area (Å²) in [6.07, 6.45) is 3.06. The molecule has 1 fully saturated rings. The molecule has 1 amide bonds. The van der Waals surface area contributed by atoms with E-state index < -0.39 is 0 Å². The van der Waals surface area contributed by atoms with Crippen LogP contribution in [0.4, 0.5) is 0 Å². The maximum atomic E-state index is 12.5. The van der Waals surface area contributed by atoms with E-state index in [4.69, 9.17) is 9.26 Å². The Kier molecular flexibility index (Phi) is 5.37. The highest BCUT2D eigenvalue weighted by Crippen LogP contribution is 2.40. The van der Waals surface area contributed by atoms with Crippen LogP contribution in [0, 0.1) is 5.92 Å². The zero-order chi connectivity index (χ0) is 19.3. The molecule has 1 aliphatic rings. The largest absolute Gasteiger partial charge is 0.497 e. The zero-order valence-corrected chi connectivity index (χ0v) is 15.8. The number of carbonyl (C=O) groups is 1. The number of rotatable bonds is 8. The summed E-state index contributed by atoms with van der Waals surface area (Å²) in [6.45, 7) is 0. The lowest BCUT2D eigenvalue weighted by Gasteiger charge is -2.18. The summed E-state index contributed by atoms with van der Waals surface area (Å²) >= 11 is 0. The molecular formula is C22H23N3O3. The van der Waals surface area contributed by atoms with Crippen molar-refractivity contribution in [3.05, 3.63) is 66.1 Å². The molecule has 4 rings (SSSR count). The van der Waals surface area contributed by atoms with Gasteiger partial charge in [0.25, 0.3) is 0 Å². The van der Waals surface area contributed by atoms with Gasteiger partial charge in [-0.15, -0.1) is 0 Å². The second-order valence-corrected chi connectivity index (χ2v) is 7.03. The lowest BCUT2D eigenvalue weighted by atomic mass is 10.0. The molecule has 6 nitrogen and oxygen atoms in total. The van der Waals surface area contributed by atoms with E-state index in [1.54, 1.807) is 7.11 Å². The molecule has 0 aliphatic heterocycles. The normalized spacial score (nSPS) is 14.5. The SMILES string of the molecule is COc1ccc(-c2noc(CCC(=O)NC(c3ccccc3)C3CC3)n2)cc1. The van der Waals surface area contributed by atoms with E-state index in [9.17, 15) is 4.79 Å². The fourth-order valence-corrected chi connectivity index (χ4v) is 3.24. The van der Waals surface area contributed by atoms with Crippen molar-refractivity contribution in [3.8, 4) is 17.1 Å². The first-order valence-corrected chi connectivity index (χ1v) is 9.54. The van der Waals surface area contributed by atoms with Crippen LogP contribution in [0.25, 0.3) is 11.4 Å². The van der Waals surface area contributed by atoms with Gasteiger partial charge in [0.2, 0.25) is 17.6 Å². The molecule has 144 valence electrons. The maximum absolute atomic E-state index is 12.5. The Balaban J connectivity index is 1.34. The van der Waals surface area contributed by atoms with Crippen LogP contribution in [0.2, 0.25) is 0 Å². The minimum absolute atomic E-state index is 0.00458. The van der Waals surface area contributed by atoms with Crippen LogP contribution in [0.15, 0.2) is 59.1 Å². The van der Waals surface area contributed by atoms with Crippen molar-refractivity contribution in [1.82, 2.24) is 15.5 Å². The molecule has 1 heterocycles. The molecule has 0 radical (unpaired) electrons. The smallest absolute Gasteiger partial charge is 0.227 e. The highest BCUT2D eigenvalue weighted by molar-refractivity contribution is 5.76. The number of nitrogens with zero attached hydrogens (tertiary/aromatic N) is 2. The van der Waals surface area contributed by atoms with Gasteiger partial charge >= 0.3 is 0 Å². The number of ether oxygens (including phenoxy) is 1. The predicted molar refractivity (Wildman–Crippen MR) is 105 cm³/mol. The van der Waals surface area contributed by atoms with E-state index in [1.807, 2.05) is 42.5 Å². The summed E-state index contributed by atoms with van der Waals surface area (Å²) in [5.74, 6) is 2.29. The number of nitrogens with one attached hydrogen (secondary N) is 1. The average molecular weight is 377 g/mol. The van der Waals surface area contributed by atoms with Gasteiger partial charge in [0, 0.05) is 18.4 Å². The lowest BCUT2D eigenvalue weighted by molar-refractivity contribution is -0.122. The Labute approximate surface area is 163 Å². The van der Waals surface area contributed by atoms with Gasteiger partial charge in [-0.05, 0) is 48.6 Å². The first-order valence-electron chi connectivity index (χ1n) is 9.54. The molecule has 1 unspecified atom stereocenters. The molecule has 1 N–H and O–H groups in total. The van der Waals surface area contributed by atoms with Gasteiger partial charge in [-0.1, -0.05) is 35.5 Å². The number of carbonyl (C=O) groups excluding carboxylic acids is 1. The van der Waals surface area contributed by atoms with Crippen molar-refractivity contribution in [2.24, 2.45) is 5.92 Å². The van der Waals surface area contributed by atoms with Crippen LogP contribution in [0.3, 0.4) is 0 Å². The van der Waals surface area contributed by atoms with E-state index in [0.717, 1.165) is 29.7 Å². The molecule has 2 aromatic carbocycles. The van der Waals surface area contributed by atoms with E-state index in [1.165, 1.54) is 0 Å². The minimum Gasteiger partial charge on any atom is -0.497 e. The first-order chi connectivity index (χ1) is 13.7. The van der Waals surface area contributed by atoms with Crippen LogP contribution in [0.1, 0.15) is 36.8 Å². The molecule has 1 aliphatic carbocycles. The topological polar surface area (TPSA) is 77.2 Å². The van der Waals surface area contributed by atoms with E-state index >= 15 is 0 Å². The number of methoxy groups -OCH3 is 1. The minimum atomic E-state index is 0.00458. The second kappa shape index (κ2) is 8.25. The van der Waals surface area contributed by atoms with Crippen molar-refractivity contribution in [2.45, 2.75) is 31.7 Å². The van der Waals surface area contributed by atoms with Crippen molar-refractivity contribution >= 4 is 5.91 Å². The third-order valence-electron chi connectivity index (χ3n) is 4.95. The molecule has 1 atom stereocenters. The van der Waals surface area contributed by atoms with E-state index in [2.05, 4.69) is 27.6 Å². The van der Waals surface area contributed by atoms with Crippen molar-refractivity contribution in [3.63, 3.8) is 0 Å². The van der Waals surface area contributed by atoms with Gasteiger partial charge in [-0.25, -0.2) is 0 Å². The van der Waals surface area contributed by atoms with Gasteiger partial charge in [-0.3, -0.25) is 4.79 Å². The highest BCUT2D eigenvalue weighted by atomic mass is 16.5. The monoisotopic (exact) mass is 377 g/mol. The molecule has 28 heavy (non-hydrogen) atoms. The van der Waals surface area contributed by atoms with Crippen LogP contribution in [-0.2, 0) is 11.2 Å². The Bertz CT molecular complexity index is 918. The highest BCUT2D eigenvalue weighted by Gasteiger charge is 2.33. The number of amides is 1. The molecule has 6 heteroatoms. The van der Waals surface area contributed by atoms with Gasteiger partial charge in [0.15, 0.2) is 0 Å². The molecule has 0 spiro atoms. The summed E-state index contributed by atoms with van der Waals surface area (Å²) in [6, 6.07) is 17.7. The lowest BCUT2D eigenvalue weighted by Crippen LogP contribution is -2.30. The number of aromatic nitrogens is 2. The quantitative estimate of drug-likeness (QED) is 0.643. The fourth-order valence-electron chi connectivity index (χ4n) is 3.24. The third-order valence-corrected chi connectivity index (χ3v) is 4.95. The summed E-state index contributed by atoms with van der Waals surface area (Å²) in [7, 11) is 1.62. The molecule has 0 saturated heterocycles. The van der Waals surface area contributed by atoms with Crippen LogP contribution < -0.4 is 10.1 Å². The van der Waals surface area contributed by atoms with Gasteiger partial charge in [-0.2, -0.15) is 4.98 Å². The summed E-state index contributed by atoms with van der Waals surface area (Å²) in [5.41, 5.74) is 2.01. The molecule has 0 bridgehead atoms. The van der Waals surface area contributed by atoms with Crippen LogP contribution >= 0.6 is 0 Å². The maximum Gasteiger partial charge on any atom is 0.227 e. The summed E-state index contributed by atoms with van der Waals surface area (Å²) < 4.78 is 10.5. The standard InChI is InChI=1S/C22H23N3O3/c1-27-18-11-9-17(10-12-18)22-24-20(28-25-22)14-13-19(26)23-21(16-7-8-16)15-5-3-2-4-6-15/h2-6,9-12,16,21H,7-8,13-14H2,1H3,(H,23,26). The number of hydrogen-bond donors (Lipinski definition) is 1. The van der Waals surface area contributed by atoms with Crippen molar-refractivity contribution in [2.75, 3.05) is 7.11 Å². The average Bonchev–Trinajstić information content (AvgIpc) is 3.48. The van der Waals surface area contributed by atoms with E-state index in [0.29, 0.717) is 30.5 Å².